The van der Waals surface area contributed by atoms with Crippen LogP contribution in [0.3, 0.4) is 0 Å². The van der Waals surface area contributed by atoms with Crippen molar-refractivity contribution in [3.05, 3.63) is 24.3 Å². The fourth-order valence-electron chi connectivity index (χ4n) is 0.814. The summed E-state index contributed by atoms with van der Waals surface area (Å²) in [7, 11) is 1.60. The van der Waals surface area contributed by atoms with Gasteiger partial charge in [-0.25, -0.2) is 0 Å². The summed E-state index contributed by atoms with van der Waals surface area (Å²) >= 11 is 0. The first-order chi connectivity index (χ1) is 6.33. The van der Waals surface area contributed by atoms with Crippen molar-refractivity contribution < 1.29 is 4.79 Å². The second-order valence-electron chi connectivity index (χ2n) is 2.47. The van der Waals surface area contributed by atoms with Crippen LogP contribution in [0.15, 0.2) is 18.6 Å². The molecule has 0 saturated carbocycles. The topological polar surface area (TPSA) is 66.9 Å². The number of rotatable bonds is 4. The first kappa shape index (κ1) is 9.60. The molecule has 5 nitrogen and oxygen atoms in total. The lowest BCUT2D eigenvalue weighted by atomic mass is 10.4. The van der Waals surface area contributed by atoms with Gasteiger partial charge >= 0.3 is 0 Å². The molecule has 2 N–H and O–H groups in total. The maximum Gasteiger partial charge on any atom is 0.233 e. The van der Waals surface area contributed by atoms with E-state index in [1.807, 2.05) is 0 Å². The Kier molecular flexibility index (Phi) is 3.84. The molecule has 0 aliphatic heterocycles. The zero-order valence-electron chi connectivity index (χ0n) is 7.45. The lowest BCUT2D eigenvalue weighted by Crippen LogP contribution is -2.31. The van der Waals surface area contributed by atoms with E-state index in [1.54, 1.807) is 25.6 Å². The molecule has 0 fully saturated rings. The van der Waals surface area contributed by atoms with Crippen LogP contribution in [0.5, 0.6) is 0 Å². The van der Waals surface area contributed by atoms with Crippen LogP contribution >= 0.6 is 0 Å². The zero-order chi connectivity index (χ0) is 9.52. The van der Waals surface area contributed by atoms with Crippen LogP contribution in [0.4, 0.5) is 0 Å². The van der Waals surface area contributed by atoms with Gasteiger partial charge in [-0.2, -0.15) is 0 Å². The van der Waals surface area contributed by atoms with Crippen molar-refractivity contribution in [2.24, 2.45) is 0 Å². The van der Waals surface area contributed by atoms with E-state index < -0.39 is 0 Å². The Balaban J connectivity index is 2.24. The predicted molar refractivity (Wildman–Crippen MR) is 47.8 cm³/mol. The molecule has 1 rings (SSSR count). The smallest absolute Gasteiger partial charge is 0.233 e. The Morgan fingerprint density at radius 3 is 3.00 bits per heavy atom. The van der Waals surface area contributed by atoms with Crippen molar-refractivity contribution in [3.63, 3.8) is 0 Å². The predicted octanol–water partition coefficient (Wildman–Crippen LogP) is -0.688. The molecule has 1 aromatic rings. The lowest BCUT2D eigenvalue weighted by Gasteiger charge is -2.01. The van der Waals surface area contributed by atoms with E-state index >= 15 is 0 Å². The van der Waals surface area contributed by atoms with E-state index in [2.05, 4.69) is 20.6 Å². The van der Waals surface area contributed by atoms with Crippen molar-refractivity contribution in [3.8, 4) is 0 Å². The van der Waals surface area contributed by atoms with Gasteiger partial charge in [0.15, 0.2) is 0 Å². The van der Waals surface area contributed by atoms with Crippen molar-refractivity contribution in [2.45, 2.75) is 6.54 Å². The van der Waals surface area contributed by atoms with Crippen LogP contribution in [-0.2, 0) is 11.3 Å². The molecule has 0 saturated heterocycles. The van der Waals surface area contributed by atoms with Crippen LogP contribution in [-0.4, -0.2) is 29.5 Å². The minimum absolute atomic E-state index is 0.0381. The Bertz CT molecular complexity index is 262. The van der Waals surface area contributed by atoms with Gasteiger partial charge in [0.05, 0.1) is 12.2 Å². The van der Waals surface area contributed by atoms with Gasteiger partial charge < -0.3 is 10.6 Å². The fourth-order valence-corrected chi connectivity index (χ4v) is 0.814. The summed E-state index contributed by atoms with van der Waals surface area (Å²) in [5.74, 6) is -0.0381. The molecule has 0 unspecified atom stereocenters. The number of hydrogen-bond donors (Lipinski definition) is 2. The third kappa shape index (κ3) is 3.62. The Labute approximate surface area is 76.6 Å². The Morgan fingerprint density at radius 1 is 1.54 bits per heavy atom. The summed E-state index contributed by atoms with van der Waals surface area (Å²) in [5.41, 5.74) is 0.825. The molecule has 1 aromatic heterocycles. The van der Waals surface area contributed by atoms with Gasteiger partial charge in [-0.1, -0.05) is 0 Å². The molecular formula is C8H12N4O. The standard InChI is InChI=1S/C8H12N4O/c1-9-8(13)6-11-5-7-4-10-2-3-12-7/h2-4,11H,5-6H2,1H3,(H,9,13). The monoisotopic (exact) mass is 180 g/mol. The minimum atomic E-state index is -0.0381. The summed E-state index contributed by atoms with van der Waals surface area (Å²) in [4.78, 5) is 18.7. The molecular weight excluding hydrogens is 168 g/mol. The van der Waals surface area contributed by atoms with E-state index in [-0.39, 0.29) is 5.91 Å². The first-order valence-electron chi connectivity index (χ1n) is 3.99. The highest BCUT2D eigenvalue weighted by Gasteiger charge is 1.97. The third-order valence-electron chi connectivity index (χ3n) is 1.49. The van der Waals surface area contributed by atoms with E-state index in [4.69, 9.17) is 0 Å². The molecule has 1 heterocycles. The molecule has 5 heteroatoms. The van der Waals surface area contributed by atoms with E-state index in [0.29, 0.717) is 13.1 Å². The van der Waals surface area contributed by atoms with Crippen LogP contribution in [0.1, 0.15) is 5.69 Å². The molecule has 0 bridgehead atoms. The SMILES string of the molecule is CNC(=O)CNCc1cnccn1. The molecule has 13 heavy (non-hydrogen) atoms. The second kappa shape index (κ2) is 5.21. The fraction of sp³-hybridized carbons (Fsp3) is 0.375. The molecule has 0 aliphatic carbocycles. The van der Waals surface area contributed by atoms with Crippen LogP contribution in [0, 0.1) is 0 Å². The minimum Gasteiger partial charge on any atom is -0.358 e. The molecule has 0 aromatic carbocycles. The van der Waals surface area contributed by atoms with Gasteiger partial charge in [-0.05, 0) is 0 Å². The molecule has 70 valence electrons. The average molecular weight is 180 g/mol. The second-order valence-corrected chi connectivity index (χ2v) is 2.47. The summed E-state index contributed by atoms with van der Waals surface area (Å²) in [6.07, 6.45) is 4.90. The van der Waals surface area contributed by atoms with Gasteiger partial charge in [0.1, 0.15) is 0 Å². The maximum atomic E-state index is 10.8. The molecule has 0 radical (unpaired) electrons. The Hall–Kier alpha value is -1.49. The van der Waals surface area contributed by atoms with Gasteiger partial charge in [0.2, 0.25) is 5.91 Å². The highest BCUT2D eigenvalue weighted by Crippen LogP contribution is 1.87. The van der Waals surface area contributed by atoms with Gasteiger partial charge in [0.25, 0.3) is 0 Å². The number of amides is 1. The number of carbonyl (C=O) groups excluding carboxylic acids is 1. The number of likely N-dealkylation sites (N-methyl/N-ethyl adjacent to an activating group) is 1. The van der Waals surface area contributed by atoms with Gasteiger partial charge in [-0.15, -0.1) is 0 Å². The van der Waals surface area contributed by atoms with Crippen molar-refractivity contribution in [1.82, 2.24) is 20.6 Å². The quantitative estimate of drug-likeness (QED) is 0.643. The van der Waals surface area contributed by atoms with Gasteiger partial charge in [-0.3, -0.25) is 14.8 Å². The number of hydrogen-bond acceptors (Lipinski definition) is 4. The van der Waals surface area contributed by atoms with Gasteiger partial charge in [0, 0.05) is 32.2 Å². The largest absolute Gasteiger partial charge is 0.358 e. The maximum absolute atomic E-state index is 10.8. The van der Waals surface area contributed by atoms with Crippen molar-refractivity contribution >= 4 is 5.91 Å². The highest BCUT2D eigenvalue weighted by molar-refractivity contribution is 5.77. The Morgan fingerprint density at radius 2 is 2.38 bits per heavy atom. The molecule has 1 amide bonds. The molecule has 0 atom stereocenters. The highest BCUT2D eigenvalue weighted by atomic mass is 16.1. The van der Waals surface area contributed by atoms with Crippen LogP contribution < -0.4 is 10.6 Å². The van der Waals surface area contributed by atoms with Crippen molar-refractivity contribution in [2.75, 3.05) is 13.6 Å². The molecule has 0 spiro atoms. The van der Waals surface area contributed by atoms with Crippen molar-refractivity contribution in [1.29, 1.82) is 0 Å². The number of nitrogens with zero attached hydrogens (tertiary/aromatic N) is 2. The van der Waals surface area contributed by atoms with E-state index in [0.717, 1.165) is 5.69 Å². The van der Waals surface area contributed by atoms with Crippen LogP contribution in [0.25, 0.3) is 0 Å². The summed E-state index contributed by atoms with van der Waals surface area (Å²) in [6, 6.07) is 0. The van der Waals surface area contributed by atoms with E-state index in [9.17, 15) is 4.79 Å². The van der Waals surface area contributed by atoms with Crippen LogP contribution in [0.2, 0.25) is 0 Å². The zero-order valence-corrected chi connectivity index (χ0v) is 7.45. The third-order valence-corrected chi connectivity index (χ3v) is 1.49. The van der Waals surface area contributed by atoms with E-state index in [1.165, 1.54) is 0 Å². The number of nitrogens with one attached hydrogen (secondary N) is 2. The molecule has 0 aliphatic rings. The summed E-state index contributed by atoms with van der Waals surface area (Å²) in [6.45, 7) is 0.855. The first-order valence-corrected chi connectivity index (χ1v) is 3.99. The summed E-state index contributed by atoms with van der Waals surface area (Å²) in [5, 5.41) is 5.45. The lowest BCUT2D eigenvalue weighted by molar-refractivity contribution is -0.119. The number of aromatic nitrogens is 2. The summed E-state index contributed by atoms with van der Waals surface area (Å²) < 4.78 is 0. The normalized spacial score (nSPS) is 9.62. The number of carbonyl (C=O) groups is 1. The average Bonchev–Trinajstić information content (AvgIpc) is 2.19.